The number of nitrogens with zero attached hydrogens (tertiary/aromatic N) is 3. The number of hydrogen-bond donors (Lipinski definition) is 0. The molecule has 0 amide bonds. The van der Waals surface area contributed by atoms with Gasteiger partial charge in [0.2, 0.25) is 0 Å². The number of rotatable bonds is 6. The molecule has 50 heavy (non-hydrogen) atoms. The summed E-state index contributed by atoms with van der Waals surface area (Å²) in [7, 11) is 0. The van der Waals surface area contributed by atoms with Crippen LogP contribution in [0.4, 0.5) is 0 Å². The SMILES string of the molecule is c1ccc(-c2ccc(-c3nc(-c4cccc(-c5ccc(-c6cccnc6)cc5)c4)cc(-c4cc5ccccc5c5ccccc45)n3)cc2)cc1. The normalized spacial score (nSPS) is 11.2. The third-order valence-electron chi connectivity index (χ3n) is 9.39. The van der Waals surface area contributed by atoms with E-state index >= 15 is 0 Å². The van der Waals surface area contributed by atoms with E-state index in [1.807, 2.05) is 18.3 Å². The highest BCUT2D eigenvalue weighted by molar-refractivity contribution is 6.13. The fraction of sp³-hybridized carbons (Fsp3) is 0. The van der Waals surface area contributed by atoms with Crippen LogP contribution in [0.15, 0.2) is 188 Å². The van der Waals surface area contributed by atoms with E-state index in [0.717, 1.165) is 55.9 Å². The minimum atomic E-state index is 0.695. The molecule has 3 nitrogen and oxygen atoms in total. The van der Waals surface area contributed by atoms with Crippen LogP contribution < -0.4 is 0 Å². The van der Waals surface area contributed by atoms with E-state index < -0.39 is 0 Å². The zero-order valence-electron chi connectivity index (χ0n) is 27.2. The topological polar surface area (TPSA) is 38.7 Å². The molecule has 0 aliphatic carbocycles. The van der Waals surface area contributed by atoms with E-state index in [2.05, 4.69) is 169 Å². The van der Waals surface area contributed by atoms with Crippen molar-refractivity contribution in [3.05, 3.63) is 188 Å². The first-order chi connectivity index (χ1) is 24.8. The van der Waals surface area contributed by atoms with Gasteiger partial charge in [0, 0.05) is 29.1 Å². The summed E-state index contributed by atoms with van der Waals surface area (Å²) in [5, 5.41) is 4.81. The molecule has 7 aromatic carbocycles. The van der Waals surface area contributed by atoms with Crippen molar-refractivity contribution in [3.63, 3.8) is 0 Å². The second-order valence-corrected chi connectivity index (χ2v) is 12.5. The van der Waals surface area contributed by atoms with Crippen molar-refractivity contribution in [3.8, 4) is 67.3 Å². The summed E-state index contributed by atoms with van der Waals surface area (Å²) in [6.07, 6.45) is 3.70. The van der Waals surface area contributed by atoms with Crippen molar-refractivity contribution in [2.24, 2.45) is 0 Å². The van der Waals surface area contributed by atoms with Crippen LogP contribution in [0.2, 0.25) is 0 Å². The number of fused-ring (bicyclic) bond motifs is 3. The highest BCUT2D eigenvalue weighted by Gasteiger charge is 2.15. The molecule has 0 bridgehead atoms. The first-order valence-electron chi connectivity index (χ1n) is 16.8. The number of hydrogen-bond acceptors (Lipinski definition) is 3. The maximum atomic E-state index is 5.26. The summed E-state index contributed by atoms with van der Waals surface area (Å²) in [5.41, 5.74) is 11.7. The van der Waals surface area contributed by atoms with E-state index in [4.69, 9.17) is 9.97 Å². The molecule has 9 rings (SSSR count). The zero-order chi connectivity index (χ0) is 33.3. The Kier molecular flexibility index (Phi) is 7.49. The molecule has 0 aliphatic rings. The molecular formula is C47H31N3. The molecule has 3 heteroatoms. The van der Waals surface area contributed by atoms with Gasteiger partial charge >= 0.3 is 0 Å². The third kappa shape index (κ3) is 5.61. The Bertz CT molecular complexity index is 2610. The van der Waals surface area contributed by atoms with Gasteiger partial charge in [-0.3, -0.25) is 4.98 Å². The second kappa shape index (κ2) is 12.7. The molecule has 0 spiro atoms. The smallest absolute Gasteiger partial charge is 0.160 e. The van der Waals surface area contributed by atoms with Crippen LogP contribution in [0.1, 0.15) is 0 Å². The van der Waals surface area contributed by atoms with Crippen LogP contribution in [-0.4, -0.2) is 15.0 Å². The molecule has 234 valence electrons. The Labute approximate surface area is 291 Å². The lowest BCUT2D eigenvalue weighted by Crippen LogP contribution is -1.97. The highest BCUT2D eigenvalue weighted by Crippen LogP contribution is 2.37. The average Bonchev–Trinajstić information content (AvgIpc) is 3.21. The molecule has 2 aromatic heterocycles. The van der Waals surface area contributed by atoms with Gasteiger partial charge in [0.25, 0.3) is 0 Å². The molecule has 0 saturated carbocycles. The lowest BCUT2D eigenvalue weighted by molar-refractivity contribution is 1.19. The van der Waals surface area contributed by atoms with Crippen molar-refractivity contribution >= 4 is 21.5 Å². The van der Waals surface area contributed by atoms with Gasteiger partial charge in [-0.25, -0.2) is 9.97 Å². The largest absolute Gasteiger partial charge is 0.264 e. The van der Waals surface area contributed by atoms with E-state index in [1.54, 1.807) is 6.20 Å². The average molecular weight is 638 g/mol. The summed E-state index contributed by atoms with van der Waals surface area (Å²) in [6.45, 7) is 0. The maximum Gasteiger partial charge on any atom is 0.160 e. The summed E-state index contributed by atoms with van der Waals surface area (Å²) < 4.78 is 0. The van der Waals surface area contributed by atoms with Crippen LogP contribution >= 0.6 is 0 Å². The van der Waals surface area contributed by atoms with Gasteiger partial charge < -0.3 is 0 Å². The second-order valence-electron chi connectivity index (χ2n) is 12.5. The van der Waals surface area contributed by atoms with E-state index in [-0.39, 0.29) is 0 Å². The van der Waals surface area contributed by atoms with E-state index in [0.29, 0.717) is 5.82 Å². The van der Waals surface area contributed by atoms with Gasteiger partial charge in [0.15, 0.2) is 5.82 Å². The molecule has 2 heterocycles. The Hall–Kier alpha value is -6.71. The fourth-order valence-corrected chi connectivity index (χ4v) is 6.82. The highest BCUT2D eigenvalue weighted by atomic mass is 14.9. The Morgan fingerprint density at radius 3 is 1.64 bits per heavy atom. The molecule has 0 radical (unpaired) electrons. The molecule has 0 aliphatic heterocycles. The van der Waals surface area contributed by atoms with E-state index in [9.17, 15) is 0 Å². The molecule has 0 saturated heterocycles. The van der Waals surface area contributed by atoms with Gasteiger partial charge in [-0.15, -0.1) is 0 Å². The van der Waals surface area contributed by atoms with E-state index in [1.165, 1.54) is 27.1 Å². The first-order valence-corrected chi connectivity index (χ1v) is 16.8. The van der Waals surface area contributed by atoms with Gasteiger partial charge in [-0.2, -0.15) is 0 Å². The lowest BCUT2D eigenvalue weighted by Gasteiger charge is -2.14. The summed E-state index contributed by atoms with van der Waals surface area (Å²) in [6, 6.07) is 62.0. The van der Waals surface area contributed by atoms with Gasteiger partial charge in [0.05, 0.1) is 11.4 Å². The van der Waals surface area contributed by atoms with Crippen LogP contribution in [-0.2, 0) is 0 Å². The fourth-order valence-electron chi connectivity index (χ4n) is 6.82. The molecular weight excluding hydrogens is 607 g/mol. The Morgan fingerprint density at radius 1 is 0.320 bits per heavy atom. The predicted molar refractivity (Wildman–Crippen MR) is 207 cm³/mol. The van der Waals surface area contributed by atoms with Crippen molar-refractivity contribution < 1.29 is 0 Å². The number of benzene rings is 7. The number of aromatic nitrogens is 3. The minimum absolute atomic E-state index is 0.695. The van der Waals surface area contributed by atoms with Crippen LogP contribution in [0.25, 0.3) is 88.8 Å². The Balaban J connectivity index is 1.19. The number of pyridine rings is 1. The van der Waals surface area contributed by atoms with Crippen molar-refractivity contribution in [1.29, 1.82) is 0 Å². The van der Waals surface area contributed by atoms with Crippen molar-refractivity contribution in [1.82, 2.24) is 15.0 Å². The summed E-state index contributed by atoms with van der Waals surface area (Å²) in [4.78, 5) is 14.8. The van der Waals surface area contributed by atoms with Gasteiger partial charge in [-0.05, 0) is 79.2 Å². The van der Waals surface area contributed by atoms with Crippen molar-refractivity contribution in [2.45, 2.75) is 0 Å². The quantitative estimate of drug-likeness (QED) is 0.170. The standard InChI is InChI=1S/C47H31N3/c1-2-10-32(11-3-1)33-23-25-36(26-24-33)47-49-45(30-46(50-47)44-29-38-12-4-5-16-41(38)42-17-6-7-18-43(42)44)39-14-8-13-37(28-39)34-19-21-35(22-20-34)40-15-9-27-48-31-40/h1-31H. The lowest BCUT2D eigenvalue weighted by atomic mass is 9.94. The molecule has 0 atom stereocenters. The molecule has 0 N–H and O–H groups in total. The first kappa shape index (κ1) is 29.4. The van der Waals surface area contributed by atoms with Crippen LogP contribution in [0.5, 0.6) is 0 Å². The molecule has 0 unspecified atom stereocenters. The zero-order valence-corrected chi connectivity index (χ0v) is 27.2. The van der Waals surface area contributed by atoms with Crippen LogP contribution in [0.3, 0.4) is 0 Å². The van der Waals surface area contributed by atoms with Crippen molar-refractivity contribution in [2.75, 3.05) is 0 Å². The maximum absolute atomic E-state index is 5.26. The summed E-state index contributed by atoms with van der Waals surface area (Å²) >= 11 is 0. The molecule has 9 aromatic rings. The molecule has 0 fully saturated rings. The van der Waals surface area contributed by atoms with Gasteiger partial charge in [-0.1, -0.05) is 152 Å². The monoisotopic (exact) mass is 637 g/mol. The third-order valence-corrected chi connectivity index (χ3v) is 9.39. The van der Waals surface area contributed by atoms with Gasteiger partial charge in [0.1, 0.15) is 0 Å². The minimum Gasteiger partial charge on any atom is -0.264 e. The predicted octanol–water partition coefficient (Wildman–Crippen LogP) is 12.2. The summed E-state index contributed by atoms with van der Waals surface area (Å²) in [5.74, 6) is 0.695. The Morgan fingerprint density at radius 2 is 0.880 bits per heavy atom. The van der Waals surface area contributed by atoms with Crippen LogP contribution in [0, 0.1) is 0 Å².